The van der Waals surface area contributed by atoms with Crippen LogP contribution in [0.3, 0.4) is 0 Å². The van der Waals surface area contributed by atoms with Crippen molar-refractivity contribution in [2.75, 3.05) is 6.54 Å². The Bertz CT molecular complexity index is 811. The molecule has 24 heavy (non-hydrogen) atoms. The van der Waals surface area contributed by atoms with Crippen molar-refractivity contribution >= 4 is 17.5 Å². The van der Waals surface area contributed by atoms with E-state index in [0.29, 0.717) is 25.4 Å². The Labute approximate surface area is 145 Å². The summed E-state index contributed by atoms with van der Waals surface area (Å²) in [4.78, 5) is 18.5. The molecule has 3 rings (SSSR count). The summed E-state index contributed by atoms with van der Waals surface area (Å²) in [7, 11) is 0. The minimum atomic E-state index is -0.144. The second kappa shape index (κ2) is 7.36. The van der Waals surface area contributed by atoms with E-state index in [9.17, 15) is 4.79 Å². The van der Waals surface area contributed by atoms with Crippen molar-refractivity contribution in [3.05, 3.63) is 77.2 Å². The first-order valence-corrected chi connectivity index (χ1v) is 8.13. The number of nitrogens with zero attached hydrogens (tertiary/aromatic N) is 3. The van der Waals surface area contributed by atoms with E-state index in [2.05, 4.69) is 4.98 Å². The van der Waals surface area contributed by atoms with E-state index in [4.69, 9.17) is 16.0 Å². The summed E-state index contributed by atoms with van der Waals surface area (Å²) in [6, 6.07) is 11.1. The van der Waals surface area contributed by atoms with Gasteiger partial charge in [-0.2, -0.15) is 0 Å². The number of furan rings is 1. The number of aromatic nitrogens is 2. The summed E-state index contributed by atoms with van der Waals surface area (Å²) in [5.41, 5.74) is 1.01. The van der Waals surface area contributed by atoms with Crippen LogP contribution < -0.4 is 0 Å². The summed E-state index contributed by atoms with van der Waals surface area (Å²) < 4.78 is 7.20. The van der Waals surface area contributed by atoms with E-state index >= 15 is 0 Å². The van der Waals surface area contributed by atoms with Gasteiger partial charge in [-0.1, -0.05) is 29.8 Å². The van der Waals surface area contributed by atoms with Crippen LogP contribution in [0.1, 0.15) is 28.9 Å². The third-order valence-corrected chi connectivity index (χ3v) is 4.20. The number of carbonyl (C=O) groups is 1. The van der Waals surface area contributed by atoms with E-state index in [1.165, 1.54) is 6.26 Å². The molecule has 0 saturated heterocycles. The molecule has 0 spiro atoms. The molecule has 0 unspecified atom stereocenters. The molecule has 0 bridgehead atoms. The molecule has 1 amide bonds. The molecule has 0 atom stereocenters. The Morgan fingerprint density at radius 2 is 2.12 bits per heavy atom. The SMILES string of the molecule is CCN(Cc1nccn1Cc1ccccc1Cl)C(=O)c1ccco1. The highest BCUT2D eigenvalue weighted by molar-refractivity contribution is 6.31. The normalized spacial score (nSPS) is 10.8. The van der Waals surface area contributed by atoms with E-state index < -0.39 is 0 Å². The van der Waals surface area contributed by atoms with Crippen molar-refractivity contribution in [3.8, 4) is 0 Å². The fraction of sp³-hybridized carbons (Fsp3) is 0.222. The first-order chi connectivity index (χ1) is 11.7. The Morgan fingerprint density at radius 3 is 2.83 bits per heavy atom. The lowest BCUT2D eigenvalue weighted by Crippen LogP contribution is -2.31. The molecule has 0 aliphatic rings. The van der Waals surface area contributed by atoms with Crippen LogP contribution in [0.4, 0.5) is 0 Å². The maximum atomic E-state index is 12.5. The van der Waals surface area contributed by atoms with Gasteiger partial charge in [0.1, 0.15) is 5.82 Å². The summed E-state index contributed by atoms with van der Waals surface area (Å²) in [5, 5.41) is 0.719. The van der Waals surface area contributed by atoms with Crippen molar-refractivity contribution in [2.24, 2.45) is 0 Å². The van der Waals surface area contributed by atoms with Crippen LogP contribution in [0.5, 0.6) is 0 Å². The number of benzene rings is 1. The largest absolute Gasteiger partial charge is 0.459 e. The lowest BCUT2D eigenvalue weighted by molar-refractivity contribution is 0.0714. The minimum Gasteiger partial charge on any atom is -0.459 e. The lowest BCUT2D eigenvalue weighted by Gasteiger charge is -2.20. The van der Waals surface area contributed by atoms with Gasteiger partial charge in [-0.05, 0) is 30.7 Å². The number of imidazole rings is 1. The molecule has 5 nitrogen and oxygen atoms in total. The monoisotopic (exact) mass is 343 g/mol. The second-order valence-corrected chi connectivity index (χ2v) is 5.77. The first kappa shape index (κ1) is 16.3. The standard InChI is InChI=1S/C18H18ClN3O2/c1-2-21(18(23)16-8-5-11-24-16)13-17-20-9-10-22(17)12-14-6-3-4-7-15(14)19/h3-11H,2,12-13H2,1H3. The number of rotatable bonds is 6. The number of amides is 1. The smallest absolute Gasteiger partial charge is 0.289 e. The van der Waals surface area contributed by atoms with Crippen LogP contribution in [0.15, 0.2) is 59.5 Å². The molecule has 2 aromatic heterocycles. The van der Waals surface area contributed by atoms with Gasteiger partial charge in [-0.25, -0.2) is 4.98 Å². The predicted octanol–water partition coefficient (Wildman–Crippen LogP) is 3.84. The Morgan fingerprint density at radius 1 is 1.29 bits per heavy atom. The van der Waals surface area contributed by atoms with Gasteiger partial charge in [0, 0.05) is 24.0 Å². The molecule has 0 fully saturated rings. The highest BCUT2D eigenvalue weighted by Gasteiger charge is 2.19. The quantitative estimate of drug-likeness (QED) is 0.683. The minimum absolute atomic E-state index is 0.144. The predicted molar refractivity (Wildman–Crippen MR) is 91.9 cm³/mol. The van der Waals surface area contributed by atoms with Crippen molar-refractivity contribution in [1.29, 1.82) is 0 Å². The van der Waals surface area contributed by atoms with Crippen LogP contribution in [0.25, 0.3) is 0 Å². The zero-order chi connectivity index (χ0) is 16.9. The lowest BCUT2D eigenvalue weighted by atomic mass is 10.2. The molecular formula is C18H18ClN3O2. The summed E-state index contributed by atoms with van der Waals surface area (Å²) in [5.74, 6) is 0.993. The maximum absolute atomic E-state index is 12.5. The molecule has 124 valence electrons. The van der Waals surface area contributed by atoms with E-state index in [0.717, 1.165) is 16.4 Å². The van der Waals surface area contributed by atoms with Crippen LogP contribution >= 0.6 is 11.6 Å². The van der Waals surface area contributed by atoms with Gasteiger partial charge in [0.2, 0.25) is 0 Å². The number of hydrogen-bond donors (Lipinski definition) is 0. The first-order valence-electron chi connectivity index (χ1n) is 7.75. The number of halogens is 1. The van der Waals surface area contributed by atoms with Crippen LogP contribution in [-0.2, 0) is 13.1 Å². The van der Waals surface area contributed by atoms with Crippen molar-refractivity contribution in [1.82, 2.24) is 14.5 Å². The molecular weight excluding hydrogens is 326 g/mol. The average molecular weight is 344 g/mol. The topological polar surface area (TPSA) is 51.3 Å². The molecule has 0 aliphatic carbocycles. The molecule has 0 radical (unpaired) electrons. The van der Waals surface area contributed by atoms with Gasteiger partial charge >= 0.3 is 0 Å². The Balaban J connectivity index is 1.77. The molecule has 3 aromatic rings. The summed E-state index contributed by atoms with van der Waals surface area (Å²) in [6.45, 7) is 3.52. The molecule has 6 heteroatoms. The van der Waals surface area contributed by atoms with E-state index in [1.54, 1.807) is 23.2 Å². The highest BCUT2D eigenvalue weighted by Crippen LogP contribution is 2.17. The zero-order valence-electron chi connectivity index (χ0n) is 13.4. The molecule has 1 aromatic carbocycles. The third kappa shape index (κ3) is 3.51. The molecule has 0 aliphatic heterocycles. The average Bonchev–Trinajstić information content (AvgIpc) is 3.26. The highest BCUT2D eigenvalue weighted by atomic mass is 35.5. The van der Waals surface area contributed by atoms with Gasteiger partial charge in [-0.3, -0.25) is 4.79 Å². The van der Waals surface area contributed by atoms with Gasteiger partial charge < -0.3 is 13.9 Å². The van der Waals surface area contributed by atoms with Gasteiger partial charge in [-0.15, -0.1) is 0 Å². The van der Waals surface area contributed by atoms with Gasteiger partial charge in [0.25, 0.3) is 5.91 Å². The zero-order valence-corrected chi connectivity index (χ0v) is 14.1. The molecule has 0 N–H and O–H groups in total. The fourth-order valence-corrected chi connectivity index (χ4v) is 2.70. The van der Waals surface area contributed by atoms with Crippen LogP contribution in [0, 0.1) is 0 Å². The number of carbonyl (C=O) groups excluding carboxylic acids is 1. The van der Waals surface area contributed by atoms with Crippen molar-refractivity contribution < 1.29 is 9.21 Å². The number of hydrogen-bond acceptors (Lipinski definition) is 3. The molecule has 2 heterocycles. The summed E-state index contributed by atoms with van der Waals surface area (Å²) in [6.07, 6.45) is 5.13. The Kier molecular flexibility index (Phi) is 5.01. The van der Waals surface area contributed by atoms with Crippen molar-refractivity contribution in [3.63, 3.8) is 0 Å². The van der Waals surface area contributed by atoms with Crippen LogP contribution in [-0.4, -0.2) is 26.9 Å². The molecule has 0 saturated carbocycles. The summed E-state index contributed by atoms with van der Waals surface area (Å²) >= 11 is 6.23. The second-order valence-electron chi connectivity index (χ2n) is 5.36. The van der Waals surface area contributed by atoms with E-state index in [1.807, 2.05) is 42.0 Å². The van der Waals surface area contributed by atoms with Gasteiger partial charge in [0.05, 0.1) is 19.4 Å². The van der Waals surface area contributed by atoms with Gasteiger partial charge in [0.15, 0.2) is 5.76 Å². The third-order valence-electron chi connectivity index (χ3n) is 3.83. The van der Waals surface area contributed by atoms with Crippen LogP contribution in [0.2, 0.25) is 5.02 Å². The maximum Gasteiger partial charge on any atom is 0.289 e. The van der Waals surface area contributed by atoms with E-state index in [-0.39, 0.29) is 5.91 Å². The fourth-order valence-electron chi connectivity index (χ4n) is 2.50. The Hall–Kier alpha value is -2.53. The van der Waals surface area contributed by atoms with Crippen molar-refractivity contribution in [2.45, 2.75) is 20.0 Å².